The van der Waals surface area contributed by atoms with Crippen molar-refractivity contribution < 1.29 is 4.79 Å². The third-order valence-corrected chi connectivity index (χ3v) is 7.57. The number of likely N-dealkylation sites (tertiary alicyclic amines) is 1. The zero-order chi connectivity index (χ0) is 24.2. The monoisotopic (exact) mass is 492 g/mol. The lowest BCUT2D eigenvalue weighted by Gasteiger charge is -2.35. The van der Waals surface area contributed by atoms with Gasteiger partial charge in [-0.1, -0.05) is 36.4 Å². The molecule has 0 bridgehead atoms. The summed E-state index contributed by atoms with van der Waals surface area (Å²) in [6.07, 6.45) is 11.7. The van der Waals surface area contributed by atoms with Gasteiger partial charge >= 0.3 is 0 Å². The maximum absolute atomic E-state index is 12.0. The van der Waals surface area contributed by atoms with Gasteiger partial charge < -0.3 is 20.5 Å². The fourth-order valence-corrected chi connectivity index (χ4v) is 5.67. The molecule has 1 saturated carbocycles. The van der Waals surface area contributed by atoms with E-state index in [1.54, 1.807) is 6.20 Å². The molecule has 3 atom stereocenters. The van der Waals surface area contributed by atoms with E-state index in [1.807, 2.05) is 29.3 Å². The Morgan fingerprint density at radius 3 is 2.97 bits per heavy atom. The van der Waals surface area contributed by atoms with Crippen LogP contribution >= 0.6 is 11.6 Å². The highest BCUT2D eigenvalue weighted by atomic mass is 35.5. The van der Waals surface area contributed by atoms with Gasteiger partial charge in [0.05, 0.1) is 16.9 Å². The molecule has 0 spiro atoms. The number of nitrogens with one attached hydrogen (secondary N) is 3. The van der Waals surface area contributed by atoms with Crippen LogP contribution in [0.4, 0.5) is 5.95 Å². The average Bonchev–Trinajstić information content (AvgIpc) is 3.32. The lowest BCUT2D eigenvalue weighted by Crippen LogP contribution is -2.45. The van der Waals surface area contributed by atoms with E-state index in [0.717, 1.165) is 73.9 Å². The molecule has 1 aromatic carbocycles. The van der Waals surface area contributed by atoms with E-state index in [1.165, 1.54) is 12.5 Å². The molecule has 7 nitrogen and oxygen atoms in total. The lowest BCUT2D eigenvalue weighted by atomic mass is 9.90. The predicted octanol–water partition coefficient (Wildman–Crippen LogP) is 5.02. The van der Waals surface area contributed by atoms with Crippen molar-refractivity contribution in [1.29, 1.82) is 0 Å². The number of carbonyl (C=O) groups is 1. The van der Waals surface area contributed by atoms with Gasteiger partial charge in [-0.15, -0.1) is 0 Å². The van der Waals surface area contributed by atoms with E-state index >= 15 is 0 Å². The van der Waals surface area contributed by atoms with Crippen LogP contribution in [0, 0.1) is 5.92 Å². The zero-order valence-corrected chi connectivity index (χ0v) is 20.7. The molecule has 1 aliphatic carbocycles. The van der Waals surface area contributed by atoms with Crippen LogP contribution < -0.4 is 10.6 Å². The maximum atomic E-state index is 12.0. The molecule has 5 rings (SSSR count). The van der Waals surface area contributed by atoms with Gasteiger partial charge in [0, 0.05) is 47.8 Å². The summed E-state index contributed by atoms with van der Waals surface area (Å²) in [5.74, 6) is 1.16. The number of para-hydroxylation sites is 1. The van der Waals surface area contributed by atoms with Crippen molar-refractivity contribution in [3.63, 3.8) is 0 Å². The zero-order valence-electron chi connectivity index (χ0n) is 20.0. The normalized spacial score (nSPS) is 22.8. The molecule has 1 amide bonds. The molecule has 2 fully saturated rings. The molecule has 1 aliphatic heterocycles. The van der Waals surface area contributed by atoms with Crippen molar-refractivity contribution in [3.05, 3.63) is 54.3 Å². The van der Waals surface area contributed by atoms with Gasteiger partial charge in [-0.3, -0.25) is 4.79 Å². The topological polar surface area (TPSA) is 85.9 Å². The van der Waals surface area contributed by atoms with Gasteiger partial charge in [0.1, 0.15) is 0 Å². The summed E-state index contributed by atoms with van der Waals surface area (Å²) >= 11 is 6.50. The summed E-state index contributed by atoms with van der Waals surface area (Å²) in [6, 6.07) is 8.91. The number of H-pyrrole nitrogens is 1. The Bertz CT molecular complexity index is 1190. The van der Waals surface area contributed by atoms with Crippen LogP contribution in [0.25, 0.3) is 22.2 Å². The molecule has 3 N–H and O–H groups in total. The molecule has 3 heterocycles. The molecule has 2 aliphatic rings. The number of benzene rings is 1. The van der Waals surface area contributed by atoms with Crippen molar-refractivity contribution in [1.82, 2.24) is 25.2 Å². The second kappa shape index (κ2) is 10.8. The number of nitrogens with zero attached hydrogens (tertiary/aromatic N) is 3. The van der Waals surface area contributed by atoms with E-state index < -0.39 is 0 Å². The van der Waals surface area contributed by atoms with Crippen LogP contribution in [0.5, 0.6) is 0 Å². The van der Waals surface area contributed by atoms with E-state index in [-0.39, 0.29) is 5.91 Å². The fraction of sp³-hybridized carbons (Fsp3) is 0.444. The number of hydrogen-bond acceptors (Lipinski definition) is 5. The highest BCUT2D eigenvalue weighted by Gasteiger charge is 2.26. The fourth-order valence-electron chi connectivity index (χ4n) is 5.48. The van der Waals surface area contributed by atoms with Crippen molar-refractivity contribution in [2.75, 3.05) is 25.0 Å². The standard InChI is InChI=1S/C27H33ClN6O/c1-2-25(35)34-12-6-7-18(17-34)14-29-19-8-5-9-20(13-19)32-27-31-16-23(28)26(33-27)22-15-30-24-11-4-3-10-21(22)24/h2-4,10-11,15-16,18-20,29-30H,1,5-9,12-14,17H2,(H,31,32,33)/t18?,19-,20+/m0/s1. The molecular weight excluding hydrogens is 460 g/mol. The van der Waals surface area contributed by atoms with Crippen LogP contribution in [0.2, 0.25) is 5.02 Å². The van der Waals surface area contributed by atoms with Crippen molar-refractivity contribution in [3.8, 4) is 11.3 Å². The Kier molecular flexibility index (Phi) is 7.35. The summed E-state index contributed by atoms with van der Waals surface area (Å²) in [7, 11) is 0. The minimum absolute atomic E-state index is 0.0478. The van der Waals surface area contributed by atoms with Gasteiger partial charge in [0.25, 0.3) is 0 Å². The largest absolute Gasteiger partial charge is 0.360 e. The predicted molar refractivity (Wildman–Crippen MR) is 142 cm³/mol. The minimum Gasteiger partial charge on any atom is -0.360 e. The lowest BCUT2D eigenvalue weighted by molar-refractivity contribution is -0.127. The highest BCUT2D eigenvalue weighted by Crippen LogP contribution is 2.32. The quantitative estimate of drug-likeness (QED) is 0.403. The summed E-state index contributed by atoms with van der Waals surface area (Å²) < 4.78 is 0. The number of piperidine rings is 1. The van der Waals surface area contributed by atoms with Crippen LogP contribution in [-0.4, -0.2) is 57.5 Å². The number of carbonyl (C=O) groups excluding carboxylic acids is 1. The number of fused-ring (bicyclic) bond motifs is 1. The number of aromatic nitrogens is 3. The van der Waals surface area contributed by atoms with E-state index in [4.69, 9.17) is 16.6 Å². The minimum atomic E-state index is 0.0478. The van der Waals surface area contributed by atoms with E-state index in [2.05, 4.69) is 33.2 Å². The van der Waals surface area contributed by atoms with Gasteiger partial charge in [0.2, 0.25) is 11.9 Å². The molecule has 0 radical (unpaired) electrons. The second-order valence-corrected chi connectivity index (χ2v) is 10.2. The number of amides is 1. The smallest absolute Gasteiger partial charge is 0.245 e. The highest BCUT2D eigenvalue weighted by molar-refractivity contribution is 6.33. The summed E-state index contributed by atoms with van der Waals surface area (Å²) in [4.78, 5) is 26.5. The Labute approximate surface area is 211 Å². The molecule has 1 unspecified atom stereocenters. The van der Waals surface area contributed by atoms with Crippen LogP contribution in [0.3, 0.4) is 0 Å². The van der Waals surface area contributed by atoms with E-state index in [0.29, 0.717) is 29.0 Å². The van der Waals surface area contributed by atoms with Crippen molar-refractivity contribution in [2.24, 2.45) is 5.92 Å². The third kappa shape index (κ3) is 5.52. The molecule has 184 valence electrons. The first kappa shape index (κ1) is 23.8. The Hall–Kier alpha value is -2.90. The Morgan fingerprint density at radius 2 is 2.09 bits per heavy atom. The number of aromatic amines is 1. The molecule has 2 aromatic heterocycles. The first-order valence-corrected chi connectivity index (χ1v) is 13.0. The number of anilines is 1. The molecular formula is C27H33ClN6O. The SMILES string of the molecule is C=CC(=O)N1CCCC(CN[C@H]2CCC[C@@H](Nc3ncc(Cl)c(-c4c[nH]c5ccccc45)n3)C2)C1. The second-order valence-electron chi connectivity index (χ2n) is 9.75. The van der Waals surface area contributed by atoms with E-state index in [9.17, 15) is 4.79 Å². The van der Waals surface area contributed by atoms with Crippen LogP contribution in [0.1, 0.15) is 38.5 Å². The Morgan fingerprint density at radius 1 is 1.23 bits per heavy atom. The van der Waals surface area contributed by atoms with Crippen LogP contribution in [0.15, 0.2) is 49.3 Å². The van der Waals surface area contributed by atoms with Gasteiger partial charge in [-0.25, -0.2) is 9.97 Å². The van der Waals surface area contributed by atoms with Crippen molar-refractivity contribution >= 4 is 34.4 Å². The van der Waals surface area contributed by atoms with Gasteiger partial charge in [0.15, 0.2) is 0 Å². The van der Waals surface area contributed by atoms with Crippen molar-refractivity contribution in [2.45, 2.75) is 50.6 Å². The van der Waals surface area contributed by atoms with Crippen LogP contribution in [-0.2, 0) is 4.79 Å². The average molecular weight is 493 g/mol. The van der Waals surface area contributed by atoms with Gasteiger partial charge in [-0.2, -0.15) is 0 Å². The summed E-state index contributed by atoms with van der Waals surface area (Å²) in [6.45, 7) is 6.24. The third-order valence-electron chi connectivity index (χ3n) is 7.30. The number of rotatable bonds is 7. The number of hydrogen-bond donors (Lipinski definition) is 3. The molecule has 8 heteroatoms. The molecule has 3 aromatic rings. The van der Waals surface area contributed by atoms with Gasteiger partial charge in [-0.05, 0) is 63.1 Å². The molecule has 1 saturated heterocycles. The molecule has 35 heavy (non-hydrogen) atoms. The summed E-state index contributed by atoms with van der Waals surface area (Å²) in [5.41, 5.74) is 2.78. The first-order valence-electron chi connectivity index (χ1n) is 12.6. The Balaban J connectivity index is 1.20. The number of halogens is 1. The maximum Gasteiger partial charge on any atom is 0.245 e. The summed E-state index contributed by atoms with van der Waals surface area (Å²) in [5, 5.41) is 8.97. The first-order chi connectivity index (χ1) is 17.1.